The van der Waals surface area contributed by atoms with Crippen LogP contribution < -0.4 is 5.73 Å². The maximum Gasteiger partial charge on any atom is 0.358 e. The Bertz CT molecular complexity index is 358. The monoisotopic (exact) mass is 289 g/mol. The highest BCUT2D eigenvalue weighted by Gasteiger charge is 2.62. The molecule has 0 bridgehead atoms. The van der Waals surface area contributed by atoms with Crippen molar-refractivity contribution in [3.8, 4) is 0 Å². The van der Waals surface area contributed by atoms with Crippen molar-refractivity contribution in [1.82, 2.24) is 0 Å². The first-order valence-electron chi connectivity index (χ1n) is 7.09. The first kappa shape index (κ1) is 18.9. The molecule has 0 saturated heterocycles. The first-order valence-corrected chi connectivity index (χ1v) is 7.09. The molecule has 4 N–H and O–H groups in total. The summed E-state index contributed by atoms with van der Waals surface area (Å²) >= 11 is 0. The highest BCUT2D eigenvalue weighted by molar-refractivity contribution is 5.86. The van der Waals surface area contributed by atoms with E-state index in [-0.39, 0.29) is 18.5 Å². The number of hydrogen-bond acceptors (Lipinski definition) is 5. The summed E-state index contributed by atoms with van der Waals surface area (Å²) in [5, 5.41) is 21.4. The zero-order valence-electron chi connectivity index (χ0n) is 13.3. The minimum Gasteiger partial charge on any atom is -0.399 e. The van der Waals surface area contributed by atoms with Gasteiger partial charge >= 0.3 is 11.7 Å². The summed E-state index contributed by atoms with van der Waals surface area (Å²) < 4.78 is 5.32. The molecule has 118 valence electrons. The van der Waals surface area contributed by atoms with E-state index in [4.69, 9.17) is 10.5 Å². The Morgan fingerprint density at radius 1 is 1.15 bits per heavy atom. The first-order chi connectivity index (χ1) is 9.07. The van der Waals surface area contributed by atoms with Gasteiger partial charge in [0.05, 0.1) is 0 Å². The standard InChI is InChI=1S/C14H29N2O4/c1-7-13(6,8-2)16(18,19)14(9-3,10-4)20-12(17)11(5)15/h18-19H,5,7-10,15H2,1-4,6H3/q+1. The Hall–Kier alpha value is -1.11. The highest BCUT2D eigenvalue weighted by atomic mass is 16.9. The number of esters is 1. The van der Waals surface area contributed by atoms with E-state index < -0.39 is 22.0 Å². The van der Waals surface area contributed by atoms with E-state index in [9.17, 15) is 15.2 Å². The molecule has 0 radical (unpaired) electrons. The number of hydrogen-bond donors (Lipinski definition) is 3. The molecule has 0 heterocycles. The molecule has 6 heteroatoms. The molecule has 0 aromatic carbocycles. The molecule has 0 aliphatic heterocycles. The van der Waals surface area contributed by atoms with E-state index in [1.807, 2.05) is 13.8 Å². The second kappa shape index (κ2) is 6.56. The molecule has 0 spiro atoms. The number of rotatable bonds is 8. The van der Waals surface area contributed by atoms with Gasteiger partial charge < -0.3 is 10.5 Å². The van der Waals surface area contributed by atoms with Gasteiger partial charge in [-0.05, 0) is 11.7 Å². The molecule has 0 atom stereocenters. The quantitative estimate of drug-likeness (QED) is 0.210. The van der Waals surface area contributed by atoms with E-state index in [2.05, 4.69) is 6.58 Å². The molecular weight excluding hydrogens is 260 g/mol. The van der Waals surface area contributed by atoms with Gasteiger partial charge in [0.25, 0.3) is 0 Å². The lowest BCUT2D eigenvalue weighted by Gasteiger charge is -2.48. The molecule has 0 aromatic heterocycles. The Balaban J connectivity index is 5.76. The zero-order chi connectivity index (χ0) is 16.2. The van der Waals surface area contributed by atoms with Crippen LogP contribution in [0, 0.1) is 0 Å². The second-order valence-electron chi connectivity index (χ2n) is 5.37. The smallest absolute Gasteiger partial charge is 0.358 e. The van der Waals surface area contributed by atoms with Crippen molar-refractivity contribution >= 4 is 5.97 Å². The Labute approximate surface area is 121 Å². The van der Waals surface area contributed by atoms with E-state index in [0.717, 1.165) is 0 Å². The molecular formula is C14H29N2O4+. The van der Waals surface area contributed by atoms with Crippen LogP contribution in [-0.2, 0) is 9.53 Å². The van der Waals surface area contributed by atoms with Crippen molar-refractivity contribution in [1.29, 1.82) is 0 Å². The summed E-state index contributed by atoms with van der Waals surface area (Å²) in [6.07, 6.45) is 1.51. The van der Waals surface area contributed by atoms with Crippen molar-refractivity contribution in [3.05, 3.63) is 12.3 Å². The lowest BCUT2D eigenvalue weighted by Crippen LogP contribution is -2.71. The van der Waals surface area contributed by atoms with Gasteiger partial charge in [0, 0.05) is 25.7 Å². The predicted octanol–water partition coefficient (Wildman–Crippen LogP) is 2.69. The zero-order valence-corrected chi connectivity index (χ0v) is 13.3. The number of carbonyl (C=O) groups excluding carboxylic acids is 1. The fraction of sp³-hybridized carbons (Fsp3) is 0.786. The summed E-state index contributed by atoms with van der Waals surface area (Å²) in [6, 6.07) is 0. The maximum absolute atomic E-state index is 11.7. The normalized spacial score (nSPS) is 13.2. The molecule has 0 aromatic rings. The van der Waals surface area contributed by atoms with Crippen LogP contribution in [0.5, 0.6) is 0 Å². The van der Waals surface area contributed by atoms with Gasteiger partial charge in [-0.2, -0.15) is 10.4 Å². The van der Waals surface area contributed by atoms with Gasteiger partial charge in [-0.25, -0.2) is 4.79 Å². The molecule has 0 amide bonds. The SMILES string of the molecule is C=C(N)C(=O)OC(CC)(CC)[N+](O)(O)C(C)(CC)CC. The number of nitrogens with two attached hydrogens (primary N) is 1. The molecule has 0 aliphatic rings. The van der Waals surface area contributed by atoms with E-state index >= 15 is 0 Å². The molecule has 0 saturated carbocycles. The van der Waals surface area contributed by atoms with Gasteiger partial charge in [-0.1, -0.05) is 34.3 Å². The minimum absolute atomic E-state index is 0.241. The fourth-order valence-corrected chi connectivity index (χ4v) is 2.32. The summed E-state index contributed by atoms with van der Waals surface area (Å²) in [6.45, 7) is 12.3. The number of hydroxylamine groups is 4. The average molecular weight is 289 g/mol. The molecule has 0 rings (SSSR count). The predicted molar refractivity (Wildman–Crippen MR) is 75.6 cm³/mol. The summed E-state index contributed by atoms with van der Waals surface area (Å²) in [5.74, 6) is -0.825. The molecule has 20 heavy (non-hydrogen) atoms. The Morgan fingerprint density at radius 3 is 1.80 bits per heavy atom. The van der Waals surface area contributed by atoms with Gasteiger partial charge in [0.1, 0.15) is 5.70 Å². The molecule has 0 unspecified atom stereocenters. The second-order valence-corrected chi connectivity index (χ2v) is 5.37. The third-order valence-electron chi connectivity index (χ3n) is 4.49. The third kappa shape index (κ3) is 2.97. The average Bonchev–Trinajstić information content (AvgIpc) is 2.42. The van der Waals surface area contributed by atoms with Crippen molar-refractivity contribution in [2.45, 2.75) is 71.6 Å². The minimum atomic E-state index is -1.47. The Morgan fingerprint density at radius 2 is 1.55 bits per heavy atom. The van der Waals surface area contributed by atoms with Crippen LogP contribution in [0.2, 0.25) is 0 Å². The van der Waals surface area contributed by atoms with Crippen LogP contribution in [0.4, 0.5) is 0 Å². The van der Waals surface area contributed by atoms with Crippen LogP contribution in [0.3, 0.4) is 0 Å². The van der Waals surface area contributed by atoms with Crippen LogP contribution in [0.15, 0.2) is 12.3 Å². The topological polar surface area (TPSA) is 92.8 Å². The van der Waals surface area contributed by atoms with Crippen LogP contribution in [0.25, 0.3) is 0 Å². The van der Waals surface area contributed by atoms with Crippen molar-refractivity contribution in [2.24, 2.45) is 5.73 Å². The third-order valence-corrected chi connectivity index (χ3v) is 4.49. The highest BCUT2D eigenvalue weighted by Crippen LogP contribution is 2.40. The molecule has 0 fully saturated rings. The van der Waals surface area contributed by atoms with Crippen molar-refractivity contribution < 1.29 is 24.8 Å². The van der Waals surface area contributed by atoms with E-state index in [1.165, 1.54) is 0 Å². The largest absolute Gasteiger partial charge is 0.399 e. The van der Waals surface area contributed by atoms with Crippen LogP contribution >= 0.6 is 0 Å². The van der Waals surface area contributed by atoms with Gasteiger partial charge in [-0.3, -0.25) is 0 Å². The lowest BCUT2D eigenvalue weighted by molar-refractivity contribution is -1.31. The summed E-state index contributed by atoms with van der Waals surface area (Å²) in [4.78, 5) is 10.4. The number of quaternary nitrogens is 1. The van der Waals surface area contributed by atoms with Crippen molar-refractivity contribution in [3.63, 3.8) is 0 Å². The fourth-order valence-electron chi connectivity index (χ4n) is 2.32. The van der Waals surface area contributed by atoms with E-state index in [1.54, 1.807) is 20.8 Å². The van der Waals surface area contributed by atoms with E-state index in [0.29, 0.717) is 12.8 Å². The number of carbonyl (C=O) groups is 1. The number of nitrogens with zero attached hydrogens (tertiary/aromatic N) is 1. The van der Waals surface area contributed by atoms with Gasteiger partial charge in [-0.15, -0.1) is 0 Å². The Kier molecular flexibility index (Phi) is 6.20. The van der Waals surface area contributed by atoms with Crippen LogP contribution in [-0.4, -0.2) is 32.5 Å². The summed E-state index contributed by atoms with van der Waals surface area (Å²) in [5.41, 5.74) is 2.74. The molecule has 0 aliphatic carbocycles. The van der Waals surface area contributed by atoms with Crippen molar-refractivity contribution in [2.75, 3.05) is 0 Å². The number of ether oxygens (including phenoxy) is 1. The summed E-state index contributed by atoms with van der Waals surface area (Å²) in [7, 11) is 0. The lowest BCUT2D eigenvalue weighted by atomic mass is 9.90. The maximum atomic E-state index is 11.7. The molecule has 6 nitrogen and oxygen atoms in total. The van der Waals surface area contributed by atoms with Gasteiger partial charge in [0.15, 0.2) is 5.54 Å². The van der Waals surface area contributed by atoms with Crippen LogP contribution in [0.1, 0.15) is 60.3 Å². The van der Waals surface area contributed by atoms with Gasteiger partial charge in [0.2, 0.25) is 0 Å².